The fourth-order valence-corrected chi connectivity index (χ4v) is 3.98. The molecule has 1 N–H and O–H groups in total. The van der Waals surface area contributed by atoms with Crippen LogP contribution in [0.2, 0.25) is 0 Å². The Labute approximate surface area is 176 Å². The van der Waals surface area contributed by atoms with Crippen LogP contribution in [0, 0.1) is 17.8 Å². The molecule has 0 bridgehead atoms. The van der Waals surface area contributed by atoms with Crippen molar-refractivity contribution in [2.24, 2.45) is 17.8 Å². The van der Waals surface area contributed by atoms with Crippen LogP contribution in [0.3, 0.4) is 0 Å². The highest BCUT2D eigenvalue weighted by atomic mass is 16.5. The van der Waals surface area contributed by atoms with Gasteiger partial charge in [-0.3, -0.25) is 14.4 Å². The molecule has 2 saturated carbocycles. The van der Waals surface area contributed by atoms with Crippen LogP contribution in [-0.4, -0.2) is 48.3 Å². The molecule has 0 atom stereocenters. The third-order valence-corrected chi connectivity index (χ3v) is 5.89. The number of esters is 3. The molecule has 0 aromatic heterocycles. The maximum Gasteiger partial charge on any atom is 0.330 e. The summed E-state index contributed by atoms with van der Waals surface area (Å²) in [5.41, 5.74) is 0. The second-order valence-electron chi connectivity index (χ2n) is 8.04. The van der Waals surface area contributed by atoms with E-state index >= 15 is 0 Å². The van der Waals surface area contributed by atoms with E-state index in [1.807, 2.05) is 0 Å². The van der Waals surface area contributed by atoms with E-state index in [1.54, 1.807) is 0 Å². The molecule has 0 spiro atoms. The van der Waals surface area contributed by atoms with Crippen LogP contribution < -0.4 is 0 Å². The SMILES string of the molecule is C=CC(=O)OCCCCOC(=O)C1CCC(C(=O)OC2CCC(C(=O)O)CC2)CC1. The van der Waals surface area contributed by atoms with E-state index in [2.05, 4.69) is 6.58 Å². The van der Waals surface area contributed by atoms with E-state index < -0.39 is 11.9 Å². The van der Waals surface area contributed by atoms with Crippen molar-refractivity contribution in [2.45, 2.75) is 70.3 Å². The van der Waals surface area contributed by atoms with Crippen LogP contribution in [0.1, 0.15) is 64.2 Å². The Morgan fingerprint density at radius 2 is 1.27 bits per heavy atom. The molecule has 8 heteroatoms. The summed E-state index contributed by atoms with van der Waals surface area (Å²) in [6.45, 7) is 3.87. The van der Waals surface area contributed by atoms with E-state index in [1.165, 1.54) is 0 Å². The van der Waals surface area contributed by atoms with Gasteiger partial charge in [-0.1, -0.05) is 6.58 Å². The first kappa shape index (κ1) is 23.9. The normalized spacial score (nSPS) is 26.3. The molecule has 0 unspecified atom stereocenters. The smallest absolute Gasteiger partial charge is 0.330 e. The molecule has 2 aliphatic rings. The summed E-state index contributed by atoms with van der Waals surface area (Å²) in [5.74, 6) is -2.43. The molecule has 0 aliphatic heterocycles. The van der Waals surface area contributed by atoms with Gasteiger partial charge in [0.05, 0.1) is 31.0 Å². The molecular formula is C22H32O8. The molecule has 2 fully saturated rings. The first-order valence-corrected chi connectivity index (χ1v) is 10.8. The number of carbonyl (C=O) groups is 4. The van der Waals surface area contributed by atoms with Crippen molar-refractivity contribution >= 4 is 23.9 Å². The summed E-state index contributed by atoms with van der Waals surface area (Å²) in [4.78, 5) is 46.5. The van der Waals surface area contributed by atoms with E-state index in [9.17, 15) is 19.2 Å². The van der Waals surface area contributed by atoms with Crippen LogP contribution in [-0.2, 0) is 33.4 Å². The highest BCUT2D eigenvalue weighted by Gasteiger charge is 2.34. The van der Waals surface area contributed by atoms with E-state index in [-0.39, 0.29) is 49.0 Å². The lowest BCUT2D eigenvalue weighted by Crippen LogP contribution is -2.32. The molecule has 2 aliphatic carbocycles. The number of aliphatic carboxylic acids is 1. The van der Waals surface area contributed by atoms with Gasteiger partial charge in [0.2, 0.25) is 0 Å². The molecule has 0 amide bonds. The van der Waals surface area contributed by atoms with Gasteiger partial charge in [0.15, 0.2) is 0 Å². The molecule has 8 nitrogen and oxygen atoms in total. The second-order valence-corrected chi connectivity index (χ2v) is 8.04. The Kier molecular flexibility index (Phi) is 9.83. The predicted octanol–water partition coefficient (Wildman–Crippen LogP) is 3.03. The first-order chi connectivity index (χ1) is 14.4. The number of unbranched alkanes of at least 4 members (excludes halogenated alkanes) is 1. The predicted molar refractivity (Wildman–Crippen MR) is 106 cm³/mol. The minimum Gasteiger partial charge on any atom is -0.481 e. The van der Waals surface area contributed by atoms with Gasteiger partial charge in [0.25, 0.3) is 0 Å². The Hall–Kier alpha value is -2.38. The Morgan fingerprint density at radius 3 is 1.80 bits per heavy atom. The molecule has 2 rings (SSSR count). The lowest BCUT2D eigenvalue weighted by molar-refractivity contribution is -0.161. The summed E-state index contributed by atoms with van der Waals surface area (Å²) in [5, 5.41) is 9.03. The lowest BCUT2D eigenvalue weighted by atomic mass is 9.82. The Balaban J connectivity index is 1.58. The van der Waals surface area contributed by atoms with Gasteiger partial charge in [-0.15, -0.1) is 0 Å². The van der Waals surface area contributed by atoms with Crippen molar-refractivity contribution in [1.82, 2.24) is 0 Å². The molecular weight excluding hydrogens is 392 g/mol. The van der Waals surface area contributed by atoms with Crippen molar-refractivity contribution in [3.05, 3.63) is 12.7 Å². The molecule has 0 aromatic carbocycles. The molecule has 30 heavy (non-hydrogen) atoms. The third-order valence-electron chi connectivity index (χ3n) is 5.89. The minimum absolute atomic E-state index is 0.193. The number of hydrogen-bond acceptors (Lipinski definition) is 7. The molecule has 0 radical (unpaired) electrons. The fourth-order valence-electron chi connectivity index (χ4n) is 3.98. The molecule has 0 aromatic rings. The third kappa shape index (κ3) is 7.80. The number of carboxylic acids is 1. The molecule has 0 heterocycles. The summed E-state index contributed by atoms with van der Waals surface area (Å²) in [7, 11) is 0. The van der Waals surface area contributed by atoms with Crippen LogP contribution in [0.5, 0.6) is 0 Å². The van der Waals surface area contributed by atoms with Crippen molar-refractivity contribution in [1.29, 1.82) is 0 Å². The van der Waals surface area contributed by atoms with Crippen molar-refractivity contribution in [3.8, 4) is 0 Å². The highest BCUT2D eigenvalue weighted by molar-refractivity contribution is 5.81. The zero-order valence-electron chi connectivity index (χ0n) is 17.4. The highest BCUT2D eigenvalue weighted by Crippen LogP contribution is 2.32. The zero-order valence-corrected chi connectivity index (χ0v) is 17.4. The Bertz CT molecular complexity index is 613. The fraction of sp³-hybridized carbons (Fsp3) is 0.727. The van der Waals surface area contributed by atoms with Gasteiger partial charge in [-0.05, 0) is 64.2 Å². The van der Waals surface area contributed by atoms with Gasteiger partial charge >= 0.3 is 23.9 Å². The largest absolute Gasteiger partial charge is 0.481 e. The van der Waals surface area contributed by atoms with Gasteiger partial charge in [-0.2, -0.15) is 0 Å². The van der Waals surface area contributed by atoms with Crippen LogP contribution in [0.15, 0.2) is 12.7 Å². The number of rotatable bonds is 10. The summed E-state index contributed by atoms with van der Waals surface area (Å²) < 4.78 is 15.7. The van der Waals surface area contributed by atoms with Gasteiger partial charge in [-0.25, -0.2) is 4.79 Å². The monoisotopic (exact) mass is 424 g/mol. The maximum atomic E-state index is 12.4. The number of carbonyl (C=O) groups excluding carboxylic acids is 3. The average molecular weight is 424 g/mol. The number of carboxylic acid groups (broad SMARTS) is 1. The summed E-state index contributed by atoms with van der Waals surface area (Å²) in [6.07, 6.45) is 6.81. The van der Waals surface area contributed by atoms with Crippen molar-refractivity contribution < 1.29 is 38.5 Å². The molecule has 0 saturated heterocycles. The topological polar surface area (TPSA) is 116 Å². The molecule has 168 valence electrons. The van der Waals surface area contributed by atoms with Gasteiger partial charge in [0.1, 0.15) is 6.10 Å². The number of ether oxygens (including phenoxy) is 3. The van der Waals surface area contributed by atoms with Crippen molar-refractivity contribution in [2.75, 3.05) is 13.2 Å². The van der Waals surface area contributed by atoms with Gasteiger partial charge in [0, 0.05) is 6.08 Å². The summed E-state index contributed by atoms with van der Waals surface area (Å²) >= 11 is 0. The van der Waals surface area contributed by atoms with E-state index in [4.69, 9.17) is 19.3 Å². The lowest BCUT2D eigenvalue weighted by Gasteiger charge is -2.30. The number of hydrogen-bond donors (Lipinski definition) is 1. The Morgan fingerprint density at radius 1 is 0.767 bits per heavy atom. The van der Waals surface area contributed by atoms with Gasteiger partial charge < -0.3 is 19.3 Å². The van der Waals surface area contributed by atoms with Crippen LogP contribution in [0.4, 0.5) is 0 Å². The van der Waals surface area contributed by atoms with Crippen LogP contribution >= 0.6 is 0 Å². The standard InChI is InChI=1S/C22H32O8/c1-2-19(23)28-13-3-4-14-29-21(26)16-5-7-17(8-6-16)22(27)30-18-11-9-15(10-12-18)20(24)25/h2,15-18H,1,3-14H2,(H,24,25). The summed E-state index contributed by atoms with van der Waals surface area (Å²) in [6, 6.07) is 0. The van der Waals surface area contributed by atoms with Crippen molar-refractivity contribution in [3.63, 3.8) is 0 Å². The van der Waals surface area contributed by atoms with E-state index in [0.717, 1.165) is 6.08 Å². The first-order valence-electron chi connectivity index (χ1n) is 10.8. The quantitative estimate of drug-likeness (QED) is 0.246. The minimum atomic E-state index is -0.777. The average Bonchev–Trinajstić information content (AvgIpc) is 2.76. The second kappa shape index (κ2) is 12.3. The maximum absolute atomic E-state index is 12.4. The van der Waals surface area contributed by atoms with Crippen LogP contribution in [0.25, 0.3) is 0 Å². The van der Waals surface area contributed by atoms with E-state index in [0.29, 0.717) is 64.2 Å². The zero-order chi connectivity index (χ0) is 21.9.